The number of nitrogens with zero attached hydrogens (tertiary/aromatic N) is 4. The molecule has 0 unspecified atom stereocenters. The highest BCUT2D eigenvalue weighted by atomic mass is 32.2. The van der Waals surface area contributed by atoms with E-state index < -0.39 is 9.84 Å². The maximum Gasteiger partial charge on any atom is 0.153 e. The first kappa shape index (κ1) is 16.7. The maximum atomic E-state index is 12.3. The van der Waals surface area contributed by atoms with Crippen LogP contribution >= 0.6 is 0 Å². The van der Waals surface area contributed by atoms with E-state index in [0.717, 1.165) is 36.6 Å². The van der Waals surface area contributed by atoms with Crippen LogP contribution in [0.5, 0.6) is 0 Å². The lowest BCUT2D eigenvalue weighted by atomic mass is 10.0. The quantitative estimate of drug-likeness (QED) is 0.859. The molecule has 7 nitrogen and oxygen atoms in total. The molecule has 4 heterocycles. The molecule has 0 radical (unpaired) electrons. The van der Waals surface area contributed by atoms with E-state index in [4.69, 9.17) is 0 Å². The lowest BCUT2D eigenvalue weighted by Gasteiger charge is -2.43. The molecule has 2 aromatic rings. The van der Waals surface area contributed by atoms with Gasteiger partial charge in [-0.1, -0.05) is 6.07 Å². The van der Waals surface area contributed by atoms with Crippen LogP contribution in [0.2, 0.25) is 0 Å². The summed E-state index contributed by atoms with van der Waals surface area (Å²) in [6.45, 7) is 5.16. The average Bonchev–Trinajstić information content (AvgIpc) is 3.13. The van der Waals surface area contributed by atoms with Crippen molar-refractivity contribution < 1.29 is 8.42 Å². The molecule has 1 N–H and O–H groups in total. The van der Waals surface area contributed by atoms with Crippen LogP contribution in [-0.4, -0.2) is 69.8 Å². The smallest absolute Gasteiger partial charge is 0.153 e. The lowest BCUT2D eigenvalue weighted by molar-refractivity contribution is 0.0347. The van der Waals surface area contributed by atoms with Gasteiger partial charge in [0, 0.05) is 56.4 Å². The molecule has 0 amide bonds. The molecule has 0 saturated carbocycles. The zero-order chi connectivity index (χ0) is 17.4. The molecule has 0 aromatic carbocycles. The van der Waals surface area contributed by atoms with Gasteiger partial charge in [0.1, 0.15) is 0 Å². The van der Waals surface area contributed by atoms with E-state index in [1.807, 2.05) is 25.3 Å². The van der Waals surface area contributed by atoms with Crippen LogP contribution in [0, 0.1) is 6.92 Å². The van der Waals surface area contributed by atoms with E-state index in [-0.39, 0.29) is 23.6 Å². The van der Waals surface area contributed by atoms with Crippen molar-refractivity contribution in [1.29, 1.82) is 0 Å². The van der Waals surface area contributed by atoms with Crippen LogP contribution in [0.1, 0.15) is 17.0 Å². The van der Waals surface area contributed by atoms with Gasteiger partial charge < -0.3 is 4.98 Å². The fourth-order valence-electron chi connectivity index (χ4n) is 3.95. The van der Waals surface area contributed by atoms with E-state index in [0.29, 0.717) is 6.54 Å². The fourth-order valence-corrected chi connectivity index (χ4v) is 6.00. The van der Waals surface area contributed by atoms with Crippen LogP contribution in [0.15, 0.2) is 30.9 Å². The molecule has 2 saturated heterocycles. The lowest BCUT2D eigenvalue weighted by Crippen LogP contribution is -2.58. The van der Waals surface area contributed by atoms with E-state index in [1.165, 1.54) is 0 Å². The highest BCUT2D eigenvalue weighted by molar-refractivity contribution is 7.91. The van der Waals surface area contributed by atoms with E-state index in [9.17, 15) is 8.42 Å². The van der Waals surface area contributed by atoms with Gasteiger partial charge >= 0.3 is 0 Å². The second kappa shape index (κ2) is 6.51. The molecule has 8 heteroatoms. The number of fused-ring (bicyclic) bond motifs is 1. The number of rotatable bonds is 4. The minimum Gasteiger partial charge on any atom is -0.348 e. The number of aryl methyl sites for hydroxylation is 1. The first-order valence-electron chi connectivity index (χ1n) is 8.58. The predicted octanol–water partition coefficient (Wildman–Crippen LogP) is 0.597. The Balaban J connectivity index is 1.54. The zero-order valence-electron chi connectivity index (χ0n) is 14.3. The van der Waals surface area contributed by atoms with Gasteiger partial charge in [-0.3, -0.25) is 14.8 Å². The third kappa shape index (κ3) is 3.47. The first-order valence-corrected chi connectivity index (χ1v) is 10.4. The van der Waals surface area contributed by atoms with Crippen LogP contribution in [0.3, 0.4) is 0 Å². The Bertz CT molecular complexity index is 836. The number of hydrogen-bond acceptors (Lipinski definition) is 6. The van der Waals surface area contributed by atoms with E-state index >= 15 is 0 Å². The Morgan fingerprint density at radius 1 is 1.20 bits per heavy atom. The van der Waals surface area contributed by atoms with Crippen molar-refractivity contribution in [1.82, 2.24) is 24.8 Å². The van der Waals surface area contributed by atoms with Gasteiger partial charge in [-0.2, -0.15) is 0 Å². The Hall–Kier alpha value is -1.77. The van der Waals surface area contributed by atoms with Gasteiger partial charge in [0.25, 0.3) is 0 Å². The average molecular weight is 361 g/mol. The molecule has 2 atom stereocenters. The van der Waals surface area contributed by atoms with Crippen molar-refractivity contribution >= 4 is 9.84 Å². The molecule has 2 aliphatic rings. The molecule has 0 spiro atoms. The second-order valence-corrected chi connectivity index (χ2v) is 9.14. The third-order valence-electron chi connectivity index (χ3n) is 5.30. The van der Waals surface area contributed by atoms with Gasteiger partial charge in [0.2, 0.25) is 0 Å². The van der Waals surface area contributed by atoms with E-state index in [1.54, 1.807) is 12.5 Å². The molecule has 0 aliphatic carbocycles. The van der Waals surface area contributed by atoms with Gasteiger partial charge in [-0.05, 0) is 18.6 Å². The number of aromatic amines is 1. The molecule has 2 aromatic heterocycles. The summed E-state index contributed by atoms with van der Waals surface area (Å²) in [7, 11) is -3.00. The predicted molar refractivity (Wildman–Crippen MR) is 94.6 cm³/mol. The Kier molecular flexibility index (Phi) is 4.35. The van der Waals surface area contributed by atoms with Gasteiger partial charge in [-0.25, -0.2) is 13.4 Å². The minimum atomic E-state index is -3.00. The van der Waals surface area contributed by atoms with Crippen molar-refractivity contribution in [2.45, 2.75) is 32.1 Å². The van der Waals surface area contributed by atoms with Gasteiger partial charge in [0.05, 0.1) is 23.5 Å². The number of sulfone groups is 1. The molecule has 4 rings (SSSR count). The Morgan fingerprint density at radius 2 is 1.92 bits per heavy atom. The van der Waals surface area contributed by atoms with Crippen molar-refractivity contribution in [3.63, 3.8) is 0 Å². The standard InChI is InChI=1S/C17H23N5O2S/c1-13-15(20-12-19-13)9-22-6-5-21(8-14-3-2-4-18-7-14)16-10-25(23,24)11-17(16)22/h2-4,7,12,16-17H,5-6,8-11H2,1H3,(H,19,20)/t16-,17+/m0/s1. The monoisotopic (exact) mass is 361 g/mol. The van der Waals surface area contributed by atoms with Crippen molar-refractivity contribution in [2.24, 2.45) is 0 Å². The van der Waals surface area contributed by atoms with Crippen molar-refractivity contribution in [2.75, 3.05) is 24.6 Å². The molecule has 0 bridgehead atoms. The molecular formula is C17H23N5O2S. The number of H-pyrrole nitrogens is 1. The van der Waals surface area contributed by atoms with Gasteiger partial charge in [0.15, 0.2) is 9.84 Å². The molecule has 25 heavy (non-hydrogen) atoms. The summed E-state index contributed by atoms with van der Waals surface area (Å²) >= 11 is 0. The van der Waals surface area contributed by atoms with Crippen LogP contribution in [0.25, 0.3) is 0 Å². The third-order valence-corrected chi connectivity index (χ3v) is 7.00. The fraction of sp³-hybridized carbons (Fsp3) is 0.529. The zero-order valence-corrected chi connectivity index (χ0v) is 15.1. The SMILES string of the molecule is Cc1[nH]cnc1CN1CCN(Cc2cccnc2)[C@H]2CS(=O)(=O)C[C@H]21. The van der Waals surface area contributed by atoms with Crippen LogP contribution < -0.4 is 0 Å². The first-order chi connectivity index (χ1) is 12.0. The summed E-state index contributed by atoms with van der Waals surface area (Å²) in [5, 5.41) is 0. The summed E-state index contributed by atoms with van der Waals surface area (Å²) < 4.78 is 24.6. The summed E-state index contributed by atoms with van der Waals surface area (Å²) in [5.41, 5.74) is 3.18. The van der Waals surface area contributed by atoms with Crippen LogP contribution in [-0.2, 0) is 22.9 Å². The van der Waals surface area contributed by atoms with Crippen molar-refractivity contribution in [3.05, 3.63) is 47.8 Å². The molecule has 2 fully saturated rings. The number of aromatic nitrogens is 3. The number of imidazole rings is 1. The normalized spacial score (nSPS) is 26.6. The minimum absolute atomic E-state index is 0.0338. The summed E-state index contributed by atoms with van der Waals surface area (Å²) in [6, 6.07) is 4.05. The molecule has 2 aliphatic heterocycles. The topological polar surface area (TPSA) is 82.2 Å². The number of hydrogen-bond donors (Lipinski definition) is 1. The second-order valence-electron chi connectivity index (χ2n) is 6.99. The summed E-state index contributed by atoms with van der Waals surface area (Å²) in [5.74, 6) is 0.485. The molecule has 134 valence electrons. The summed E-state index contributed by atoms with van der Waals surface area (Å²) in [6.07, 6.45) is 5.32. The van der Waals surface area contributed by atoms with Crippen molar-refractivity contribution in [3.8, 4) is 0 Å². The summed E-state index contributed by atoms with van der Waals surface area (Å²) in [4.78, 5) is 16.2. The van der Waals surface area contributed by atoms with Gasteiger partial charge in [-0.15, -0.1) is 0 Å². The number of piperazine rings is 1. The number of pyridine rings is 1. The molecular weight excluding hydrogens is 338 g/mol. The van der Waals surface area contributed by atoms with Crippen LogP contribution in [0.4, 0.5) is 0 Å². The highest BCUT2D eigenvalue weighted by Crippen LogP contribution is 2.29. The Morgan fingerprint density at radius 3 is 2.52 bits per heavy atom. The Labute approximate surface area is 148 Å². The number of nitrogens with one attached hydrogen (secondary N) is 1. The largest absolute Gasteiger partial charge is 0.348 e. The van der Waals surface area contributed by atoms with E-state index in [2.05, 4.69) is 24.8 Å². The highest BCUT2D eigenvalue weighted by Gasteiger charge is 2.46. The maximum absolute atomic E-state index is 12.3.